The van der Waals surface area contributed by atoms with E-state index < -0.39 is 17.6 Å². The molecule has 0 atom stereocenters. The van der Waals surface area contributed by atoms with Crippen molar-refractivity contribution >= 4 is 29.1 Å². The van der Waals surface area contributed by atoms with Gasteiger partial charge in [-0.1, -0.05) is 11.6 Å². The normalized spacial score (nSPS) is 15.9. The molecule has 1 aliphatic heterocycles. The molecule has 7 heteroatoms. The van der Waals surface area contributed by atoms with Gasteiger partial charge in [-0.05, 0) is 37.0 Å². The number of halogens is 2. The highest BCUT2D eigenvalue weighted by Crippen LogP contribution is 2.20. The number of nitrogens with zero attached hydrogens (tertiary/aromatic N) is 1. The van der Waals surface area contributed by atoms with Crippen LogP contribution in [0.5, 0.6) is 0 Å². The molecule has 1 aliphatic rings. The lowest BCUT2D eigenvalue weighted by molar-refractivity contribution is -0.144. The SMILES string of the molecule is O=C(Nc1ccc(F)c(Cl)c1)C(=O)N1CCC(CO)CC1. The largest absolute Gasteiger partial charge is 0.396 e. The molecule has 2 N–H and O–H groups in total. The zero-order chi connectivity index (χ0) is 15.4. The van der Waals surface area contributed by atoms with Gasteiger partial charge in [0.15, 0.2) is 0 Å². The summed E-state index contributed by atoms with van der Waals surface area (Å²) in [7, 11) is 0. The van der Waals surface area contributed by atoms with Crippen LogP contribution in [-0.4, -0.2) is 41.5 Å². The molecule has 0 bridgehead atoms. The fraction of sp³-hybridized carbons (Fsp3) is 0.429. The second-order valence-electron chi connectivity index (χ2n) is 5.00. The average Bonchev–Trinajstić information content (AvgIpc) is 2.50. The topological polar surface area (TPSA) is 69.6 Å². The third-order valence-electron chi connectivity index (χ3n) is 3.53. The Morgan fingerprint density at radius 2 is 2.05 bits per heavy atom. The first-order valence-corrected chi connectivity index (χ1v) is 7.05. The summed E-state index contributed by atoms with van der Waals surface area (Å²) in [5, 5.41) is 11.3. The highest BCUT2D eigenvalue weighted by molar-refractivity contribution is 6.39. The Balaban J connectivity index is 1.93. The quantitative estimate of drug-likeness (QED) is 0.816. The van der Waals surface area contributed by atoms with Crippen LogP contribution in [0.15, 0.2) is 18.2 Å². The van der Waals surface area contributed by atoms with Crippen molar-refractivity contribution < 1.29 is 19.1 Å². The smallest absolute Gasteiger partial charge is 0.313 e. The summed E-state index contributed by atoms with van der Waals surface area (Å²) < 4.78 is 13.0. The van der Waals surface area contributed by atoms with Gasteiger partial charge in [0.1, 0.15) is 5.82 Å². The highest BCUT2D eigenvalue weighted by atomic mass is 35.5. The zero-order valence-electron chi connectivity index (χ0n) is 11.3. The van der Waals surface area contributed by atoms with Gasteiger partial charge < -0.3 is 15.3 Å². The Kier molecular flexibility index (Phi) is 5.14. The molecule has 114 valence electrons. The van der Waals surface area contributed by atoms with E-state index in [1.54, 1.807) is 0 Å². The first-order valence-electron chi connectivity index (χ1n) is 6.67. The van der Waals surface area contributed by atoms with Crippen LogP contribution >= 0.6 is 11.6 Å². The van der Waals surface area contributed by atoms with Crippen molar-refractivity contribution in [3.63, 3.8) is 0 Å². The Morgan fingerprint density at radius 1 is 1.38 bits per heavy atom. The van der Waals surface area contributed by atoms with Gasteiger partial charge in [0, 0.05) is 25.4 Å². The number of piperidine rings is 1. The molecule has 1 saturated heterocycles. The second kappa shape index (κ2) is 6.87. The van der Waals surface area contributed by atoms with Crippen molar-refractivity contribution in [2.75, 3.05) is 25.0 Å². The number of carbonyl (C=O) groups excluding carboxylic acids is 2. The van der Waals surface area contributed by atoms with Crippen LogP contribution in [-0.2, 0) is 9.59 Å². The molecule has 0 radical (unpaired) electrons. The molecule has 5 nitrogen and oxygen atoms in total. The number of likely N-dealkylation sites (tertiary alicyclic amines) is 1. The molecule has 1 aromatic rings. The molecule has 2 amide bonds. The maximum Gasteiger partial charge on any atom is 0.313 e. The molecular weight excluding hydrogens is 299 g/mol. The predicted molar refractivity (Wildman–Crippen MR) is 76.4 cm³/mol. The van der Waals surface area contributed by atoms with Crippen molar-refractivity contribution in [2.24, 2.45) is 5.92 Å². The van der Waals surface area contributed by atoms with Crippen molar-refractivity contribution in [1.82, 2.24) is 4.90 Å². The summed E-state index contributed by atoms with van der Waals surface area (Å²) in [6.07, 6.45) is 1.36. The molecule has 1 aromatic carbocycles. The maximum atomic E-state index is 13.0. The van der Waals surface area contributed by atoms with Gasteiger partial charge in [0.2, 0.25) is 0 Å². The minimum atomic E-state index is -0.778. The lowest BCUT2D eigenvalue weighted by Crippen LogP contribution is -2.44. The second-order valence-corrected chi connectivity index (χ2v) is 5.41. The maximum absolute atomic E-state index is 13.0. The third-order valence-corrected chi connectivity index (χ3v) is 3.82. The highest BCUT2D eigenvalue weighted by Gasteiger charge is 2.26. The number of carbonyl (C=O) groups is 2. The molecule has 1 heterocycles. The minimum absolute atomic E-state index is 0.0995. The summed E-state index contributed by atoms with van der Waals surface area (Å²) in [4.78, 5) is 25.3. The van der Waals surface area contributed by atoms with Gasteiger partial charge in [0.05, 0.1) is 5.02 Å². The summed E-state index contributed by atoms with van der Waals surface area (Å²) in [6, 6.07) is 3.71. The van der Waals surface area contributed by atoms with Gasteiger partial charge in [-0.15, -0.1) is 0 Å². The molecule has 21 heavy (non-hydrogen) atoms. The van der Waals surface area contributed by atoms with Gasteiger partial charge in [-0.3, -0.25) is 9.59 Å². The average molecular weight is 315 g/mol. The van der Waals surface area contributed by atoms with E-state index >= 15 is 0 Å². The predicted octanol–water partition coefficient (Wildman–Crippen LogP) is 1.65. The standard InChI is InChI=1S/C14H16ClFN2O3/c15-11-7-10(1-2-12(11)16)17-13(20)14(21)18-5-3-9(8-19)4-6-18/h1-2,7,9,19H,3-6,8H2,(H,17,20). The van der Waals surface area contributed by atoms with Crippen LogP contribution in [0.1, 0.15) is 12.8 Å². The monoisotopic (exact) mass is 314 g/mol. The molecular formula is C14H16ClFN2O3. The van der Waals surface area contributed by atoms with Crippen LogP contribution in [0.2, 0.25) is 5.02 Å². The van der Waals surface area contributed by atoms with Crippen molar-refractivity contribution in [2.45, 2.75) is 12.8 Å². The lowest BCUT2D eigenvalue weighted by Gasteiger charge is -2.30. The van der Waals surface area contributed by atoms with E-state index in [2.05, 4.69) is 5.32 Å². The lowest BCUT2D eigenvalue weighted by atomic mass is 9.98. The summed E-state index contributed by atoms with van der Waals surface area (Å²) >= 11 is 5.61. The summed E-state index contributed by atoms with van der Waals surface area (Å²) in [5.74, 6) is -1.81. The number of hydrogen-bond donors (Lipinski definition) is 2. The number of aliphatic hydroxyl groups excluding tert-OH is 1. The first kappa shape index (κ1) is 15.7. The van der Waals surface area contributed by atoms with Gasteiger partial charge in [0.25, 0.3) is 0 Å². The Bertz CT molecular complexity index is 545. The number of anilines is 1. The number of amides is 2. The molecule has 0 aliphatic carbocycles. The van der Waals surface area contributed by atoms with E-state index in [4.69, 9.17) is 16.7 Å². The van der Waals surface area contributed by atoms with Crippen molar-refractivity contribution in [3.05, 3.63) is 29.0 Å². The van der Waals surface area contributed by atoms with Crippen LogP contribution < -0.4 is 5.32 Å². The fourth-order valence-electron chi connectivity index (χ4n) is 2.22. The van der Waals surface area contributed by atoms with Gasteiger partial charge >= 0.3 is 11.8 Å². The van der Waals surface area contributed by atoms with E-state index in [0.717, 1.165) is 6.07 Å². The van der Waals surface area contributed by atoms with Crippen LogP contribution in [0.4, 0.5) is 10.1 Å². The minimum Gasteiger partial charge on any atom is -0.396 e. The molecule has 0 unspecified atom stereocenters. The third kappa shape index (κ3) is 3.92. The number of benzene rings is 1. The van der Waals surface area contributed by atoms with E-state index in [9.17, 15) is 14.0 Å². The first-order chi connectivity index (χ1) is 10.0. The summed E-state index contributed by atoms with van der Waals surface area (Å²) in [6.45, 7) is 0.992. The molecule has 0 spiro atoms. The summed E-state index contributed by atoms with van der Waals surface area (Å²) in [5.41, 5.74) is 0.269. The van der Waals surface area contributed by atoms with Gasteiger partial charge in [-0.2, -0.15) is 0 Å². The van der Waals surface area contributed by atoms with Crippen molar-refractivity contribution in [1.29, 1.82) is 0 Å². The number of hydrogen-bond acceptors (Lipinski definition) is 3. The van der Waals surface area contributed by atoms with E-state index in [1.165, 1.54) is 17.0 Å². The van der Waals surface area contributed by atoms with Gasteiger partial charge in [-0.25, -0.2) is 4.39 Å². The zero-order valence-corrected chi connectivity index (χ0v) is 12.1. The molecule has 0 saturated carbocycles. The number of aliphatic hydroxyl groups is 1. The van der Waals surface area contributed by atoms with Crippen LogP contribution in [0.25, 0.3) is 0 Å². The molecule has 1 fully saturated rings. The van der Waals surface area contributed by atoms with E-state index in [1.807, 2.05) is 0 Å². The Labute approximate surface area is 126 Å². The Morgan fingerprint density at radius 3 is 2.62 bits per heavy atom. The van der Waals surface area contributed by atoms with Crippen LogP contribution in [0, 0.1) is 11.7 Å². The van der Waals surface area contributed by atoms with Crippen LogP contribution in [0.3, 0.4) is 0 Å². The van der Waals surface area contributed by atoms with E-state index in [0.29, 0.717) is 25.9 Å². The Hall–Kier alpha value is -1.66. The fourth-order valence-corrected chi connectivity index (χ4v) is 2.40. The molecule has 0 aromatic heterocycles. The van der Waals surface area contributed by atoms with Crippen molar-refractivity contribution in [3.8, 4) is 0 Å². The number of nitrogens with one attached hydrogen (secondary N) is 1. The molecule has 2 rings (SSSR count). The van der Waals surface area contributed by atoms with E-state index in [-0.39, 0.29) is 23.2 Å². The number of rotatable bonds is 2.